The molecule has 2 rings (SSSR count). The molecule has 0 saturated heterocycles. The van der Waals surface area contributed by atoms with Crippen molar-refractivity contribution in [1.29, 1.82) is 0 Å². The number of hydrogen-bond acceptors (Lipinski definition) is 2. The second kappa shape index (κ2) is 3.38. The van der Waals surface area contributed by atoms with Crippen LogP contribution in [-0.4, -0.2) is 10.1 Å². The van der Waals surface area contributed by atoms with Crippen molar-refractivity contribution in [3.63, 3.8) is 0 Å². The van der Waals surface area contributed by atoms with Crippen molar-refractivity contribution in [3.8, 4) is 0 Å². The Bertz CT molecular complexity index is 451. The zero-order chi connectivity index (χ0) is 10.1. The van der Waals surface area contributed by atoms with Gasteiger partial charge in [-0.25, -0.2) is 4.21 Å². The summed E-state index contributed by atoms with van der Waals surface area (Å²) in [5.74, 6) is -0.274. The first-order valence-corrected chi connectivity index (χ1v) is 5.37. The van der Waals surface area contributed by atoms with Crippen LogP contribution in [0.4, 0.5) is 5.69 Å². The van der Waals surface area contributed by atoms with Gasteiger partial charge in [0.25, 0.3) is 5.91 Å². The summed E-state index contributed by atoms with van der Waals surface area (Å²) in [6, 6.07) is 7.12. The lowest BCUT2D eigenvalue weighted by Crippen LogP contribution is -2.23. The third kappa shape index (κ3) is 1.28. The van der Waals surface area contributed by atoms with E-state index in [2.05, 4.69) is 5.32 Å². The molecule has 1 unspecified atom stereocenters. The van der Waals surface area contributed by atoms with E-state index in [1.165, 1.54) is 0 Å². The van der Waals surface area contributed by atoms with Crippen LogP contribution in [0.1, 0.15) is 6.92 Å². The highest BCUT2D eigenvalue weighted by molar-refractivity contribution is 7.90. The molecule has 1 aliphatic heterocycles. The van der Waals surface area contributed by atoms with Crippen LogP contribution in [0.5, 0.6) is 0 Å². The Balaban J connectivity index is 2.60. The Kier molecular flexibility index (Phi) is 2.21. The normalized spacial score (nSPS) is 23.1. The van der Waals surface area contributed by atoms with E-state index in [1.54, 1.807) is 31.2 Å². The van der Waals surface area contributed by atoms with Crippen LogP contribution in [0.25, 0.3) is 0 Å². The molecule has 0 aromatic heterocycles. The zero-order valence-corrected chi connectivity index (χ0v) is 8.43. The van der Waals surface area contributed by atoms with E-state index in [-0.39, 0.29) is 5.91 Å². The van der Waals surface area contributed by atoms with Crippen LogP contribution < -0.4 is 5.32 Å². The molecule has 1 atom stereocenters. The number of fused-ring (bicyclic) bond motifs is 1. The number of allylic oxidation sites excluding steroid dienone is 1. The maximum atomic E-state index is 11.8. The largest absolute Gasteiger partial charge is 0.320 e. The fraction of sp³-hybridized carbons (Fsp3) is 0.100. The van der Waals surface area contributed by atoms with Crippen molar-refractivity contribution in [3.05, 3.63) is 35.2 Å². The molecule has 1 heterocycles. The predicted molar refractivity (Wildman–Crippen MR) is 55.2 cm³/mol. The number of para-hydroxylation sites is 1. The number of benzene rings is 1. The van der Waals surface area contributed by atoms with Gasteiger partial charge < -0.3 is 5.32 Å². The van der Waals surface area contributed by atoms with Crippen LogP contribution >= 0.6 is 0 Å². The molecule has 1 amide bonds. The first-order chi connectivity index (χ1) is 6.74. The lowest BCUT2D eigenvalue weighted by atomic mass is 10.3. The van der Waals surface area contributed by atoms with Gasteiger partial charge in [0, 0.05) is 0 Å². The van der Waals surface area contributed by atoms with Crippen LogP contribution in [0.3, 0.4) is 0 Å². The van der Waals surface area contributed by atoms with E-state index in [1.807, 2.05) is 6.07 Å². The van der Waals surface area contributed by atoms with Crippen LogP contribution in [0.2, 0.25) is 0 Å². The summed E-state index contributed by atoms with van der Waals surface area (Å²) in [6.45, 7) is 1.71. The van der Waals surface area contributed by atoms with Gasteiger partial charge in [-0.1, -0.05) is 18.2 Å². The van der Waals surface area contributed by atoms with Gasteiger partial charge >= 0.3 is 0 Å². The van der Waals surface area contributed by atoms with E-state index in [4.69, 9.17) is 0 Å². The highest BCUT2D eigenvalue weighted by Gasteiger charge is 2.25. The standard InChI is InChI=1S/C10H9NO2S/c1-2-8-10(12)11-7-5-3-4-6-9(7)14(8)13/h2-6H,1H3,(H,11,12). The lowest BCUT2D eigenvalue weighted by molar-refractivity contribution is -0.112. The van der Waals surface area contributed by atoms with Gasteiger partial charge in [-0.2, -0.15) is 0 Å². The first kappa shape index (κ1) is 9.15. The Labute approximate surface area is 84.3 Å². The molecule has 14 heavy (non-hydrogen) atoms. The molecular weight excluding hydrogens is 198 g/mol. The number of rotatable bonds is 0. The van der Waals surface area contributed by atoms with Crippen molar-refractivity contribution >= 4 is 22.4 Å². The molecule has 0 bridgehead atoms. The van der Waals surface area contributed by atoms with E-state index < -0.39 is 10.8 Å². The maximum absolute atomic E-state index is 11.8. The minimum atomic E-state index is -1.33. The third-order valence-electron chi connectivity index (χ3n) is 2.02. The van der Waals surface area contributed by atoms with Crippen molar-refractivity contribution in [2.24, 2.45) is 0 Å². The lowest BCUT2D eigenvalue weighted by Gasteiger charge is -2.17. The first-order valence-electron chi connectivity index (χ1n) is 4.22. The number of nitrogens with one attached hydrogen (secondary N) is 1. The average molecular weight is 207 g/mol. The molecule has 0 fully saturated rings. The van der Waals surface area contributed by atoms with Crippen LogP contribution in [0.15, 0.2) is 40.1 Å². The highest BCUT2D eigenvalue weighted by Crippen LogP contribution is 2.28. The monoisotopic (exact) mass is 207 g/mol. The van der Waals surface area contributed by atoms with Gasteiger partial charge in [-0.15, -0.1) is 0 Å². The fourth-order valence-electron chi connectivity index (χ4n) is 1.36. The molecule has 4 heteroatoms. The molecule has 1 aromatic rings. The third-order valence-corrected chi connectivity index (χ3v) is 3.60. The van der Waals surface area contributed by atoms with E-state index >= 15 is 0 Å². The molecule has 1 aliphatic rings. The minimum Gasteiger partial charge on any atom is -0.320 e. The molecule has 0 radical (unpaired) electrons. The molecular formula is C10H9NO2S. The second-order valence-corrected chi connectivity index (χ2v) is 4.29. The maximum Gasteiger partial charge on any atom is 0.264 e. The van der Waals surface area contributed by atoms with Crippen molar-refractivity contribution in [1.82, 2.24) is 0 Å². The summed E-state index contributed by atoms with van der Waals surface area (Å²) in [7, 11) is -1.33. The van der Waals surface area contributed by atoms with E-state index in [0.717, 1.165) is 0 Å². The summed E-state index contributed by atoms with van der Waals surface area (Å²) in [5, 5.41) is 2.69. The molecule has 72 valence electrons. The van der Waals surface area contributed by atoms with Gasteiger partial charge in [0.1, 0.15) is 4.91 Å². The van der Waals surface area contributed by atoms with Gasteiger partial charge in [0.2, 0.25) is 0 Å². The van der Waals surface area contributed by atoms with Crippen LogP contribution in [0, 0.1) is 0 Å². The van der Waals surface area contributed by atoms with Crippen molar-refractivity contribution in [2.45, 2.75) is 11.8 Å². The molecule has 0 saturated carbocycles. The minimum absolute atomic E-state index is 0.274. The van der Waals surface area contributed by atoms with Crippen molar-refractivity contribution < 1.29 is 9.00 Å². The Morgan fingerprint density at radius 2 is 2.07 bits per heavy atom. The molecule has 0 aliphatic carbocycles. The Morgan fingerprint density at radius 3 is 2.79 bits per heavy atom. The Hall–Kier alpha value is -1.42. The number of amides is 1. The van der Waals surface area contributed by atoms with Gasteiger partial charge in [0.05, 0.1) is 21.4 Å². The molecule has 3 nitrogen and oxygen atoms in total. The quantitative estimate of drug-likeness (QED) is 0.657. The van der Waals surface area contributed by atoms with Crippen molar-refractivity contribution in [2.75, 3.05) is 5.32 Å². The number of hydrogen-bond donors (Lipinski definition) is 1. The summed E-state index contributed by atoms with van der Waals surface area (Å²) >= 11 is 0. The van der Waals surface area contributed by atoms with E-state index in [9.17, 15) is 9.00 Å². The Morgan fingerprint density at radius 1 is 1.36 bits per heavy atom. The summed E-state index contributed by atoms with van der Waals surface area (Å²) in [4.78, 5) is 12.4. The van der Waals surface area contributed by atoms with E-state index in [0.29, 0.717) is 15.5 Å². The number of anilines is 1. The van der Waals surface area contributed by atoms with Gasteiger partial charge in [-0.3, -0.25) is 4.79 Å². The summed E-state index contributed by atoms with van der Waals surface area (Å²) in [5.41, 5.74) is 0.640. The number of carbonyl (C=O) groups excluding carboxylic acids is 1. The zero-order valence-electron chi connectivity index (χ0n) is 7.61. The SMILES string of the molecule is CC=C1C(=O)Nc2ccccc2S1=O. The fourth-order valence-corrected chi connectivity index (χ4v) is 2.55. The smallest absolute Gasteiger partial charge is 0.264 e. The molecule has 1 N–H and O–H groups in total. The predicted octanol–water partition coefficient (Wildman–Crippen LogP) is 1.65. The molecule has 1 aromatic carbocycles. The van der Waals surface area contributed by atoms with Gasteiger partial charge in [-0.05, 0) is 19.1 Å². The summed E-state index contributed by atoms with van der Waals surface area (Å²) < 4.78 is 11.8. The topological polar surface area (TPSA) is 46.2 Å². The average Bonchev–Trinajstić information content (AvgIpc) is 2.18. The molecule has 0 spiro atoms. The second-order valence-electron chi connectivity index (χ2n) is 2.87. The summed E-state index contributed by atoms with van der Waals surface area (Å²) in [6.07, 6.45) is 1.58. The van der Waals surface area contributed by atoms with Crippen LogP contribution in [-0.2, 0) is 15.6 Å². The highest BCUT2D eigenvalue weighted by atomic mass is 32.2. The van der Waals surface area contributed by atoms with Gasteiger partial charge in [0.15, 0.2) is 0 Å². The number of carbonyl (C=O) groups is 1.